The summed E-state index contributed by atoms with van der Waals surface area (Å²) < 4.78 is 1.93. The Bertz CT molecular complexity index is 615. The van der Waals surface area contributed by atoms with Crippen LogP contribution in [0.3, 0.4) is 0 Å². The van der Waals surface area contributed by atoms with Crippen LogP contribution >= 0.6 is 0 Å². The quantitative estimate of drug-likeness (QED) is 0.875. The van der Waals surface area contributed by atoms with Crippen molar-refractivity contribution in [3.05, 3.63) is 12.2 Å². The Kier molecular flexibility index (Phi) is 4.56. The molecule has 0 aromatic carbocycles. The number of nitrogens with one attached hydrogen (secondary N) is 1. The summed E-state index contributed by atoms with van der Waals surface area (Å²) in [5.74, 6) is 1.69. The summed E-state index contributed by atoms with van der Waals surface area (Å²) in [6.45, 7) is 0.581. The molecule has 3 aliphatic rings. The Morgan fingerprint density at radius 3 is 2.76 bits per heavy atom. The van der Waals surface area contributed by atoms with Gasteiger partial charge >= 0.3 is 0 Å². The van der Waals surface area contributed by atoms with E-state index in [1.807, 2.05) is 11.6 Å². The largest absolute Gasteiger partial charge is 0.393 e. The van der Waals surface area contributed by atoms with Gasteiger partial charge in [-0.15, -0.1) is 10.2 Å². The van der Waals surface area contributed by atoms with Crippen LogP contribution in [0.4, 0.5) is 0 Å². The summed E-state index contributed by atoms with van der Waals surface area (Å²) in [6.07, 6.45) is 11.7. The second-order valence-electron chi connectivity index (χ2n) is 8.71. The Morgan fingerprint density at radius 1 is 1.32 bits per heavy atom. The van der Waals surface area contributed by atoms with Crippen LogP contribution in [0.1, 0.15) is 69.5 Å². The molecule has 4 rings (SSSR count). The van der Waals surface area contributed by atoms with Gasteiger partial charge in [-0.05, 0) is 43.9 Å². The molecule has 25 heavy (non-hydrogen) atoms. The van der Waals surface area contributed by atoms with Crippen molar-refractivity contribution in [3.8, 4) is 0 Å². The minimum absolute atomic E-state index is 0.120. The number of amides is 1. The highest BCUT2D eigenvalue weighted by Crippen LogP contribution is 2.54. The molecule has 3 fully saturated rings. The second-order valence-corrected chi connectivity index (χ2v) is 8.71. The predicted molar refractivity (Wildman–Crippen MR) is 93.7 cm³/mol. The molecule has 1 spiro atoms. The molecule has 1 amide bonds. The zero-order valence-corrected chi connectivity index (χ0v) is 15.2. The zero-order chi connectivity index (χ0) is 17.4. The summed E-state index contributed by atoms with van der Waals surface area (Å²) in [4.78, 5) is 12.5. The third-order valence-electron chi connectivity index (χ3n) is 6.95. The van der Waals surface area contributed by atoms with Crippen LogP contribution in [0.5, 0.6) is 0 Å². The van der Waals surface area contributed by atoms with Gasteiger partial charge in [0.2, 0.25) is 5.91 Å². The average molecular weight is 346 g/mol. The molecule has 3 saturated carbocycles. The maximum Gasteiger partial charge on any atom is 0.223 e. The zero-order valence-electron chi connectivity index (χ0n) is 15.2. The van der Waals surface area contributed by atoms with E-state index in [2.05, 4.69) is 15.5 Å². The minimum Gasteiger partial charge on any atom is -0.393 e. The summed E-state index contributed by atoms with van der Waals surface area (Å²) >= 11 is 0. The lowest BCUT2D eigenvalue weighted by Crippen LogP contribution is -2.47. The lowest BCUT2D eigenvalue weighted by molar-refractivity contribution is -0.134. The molecule has 0 aliphatic heterocycles. The van der Waals surface area contributed by atoms with Gasteiger partial charge in [-0.25, -0.2) is 0 Å². The van der Waals surface area contributed by atoms with Crippen LogP contribution in [0, 0.1) is 17.3 Å². The van der Waals surface area contributed by atoms with Crippen molar-refractivity contribution in [2.45, 2.75) is 69.8 Å². The summed E-state index contributed by atoms with van der Waals surface area (Å²) in [7, 11) is 1.94. The number of rotatable bonds is 4. The molecular weight excluding hydrogens is 316 g/mol. The first-order chi connectivity index (χ1) is 12.1. The van der Waals surface area contributed by atoms with Gasteiger partial charge in [0.15, 0.2) is 0 Å². The van der Waals surface area contributed by atoms with Crippen molar-refractivity contribution in [1.29, 1.82) is 0 Å². The number of aromatic nitrogens is 3. The van der Waals surface area contributed by atoms with Crippen LogP contribution in [0.2, 0.25) is 0 Å². The number of carbonyl (C=O) groups excluding carboxylic acids is 1. The summed E-state index contributed by atoms with van der Waals surface area (Å²) in [6, 6.07) is 0. The molecule has 0 unspecified atom stereocenters. The van der Waals surface area contributed by atoms with Gasteiger partial charge in [0, 0.05) is 31.3 Å². The third kappa shape index (κ3) is 3.33. The SMILES string of the molecule is Cn1cnnc1[C@H]1C[C@H](CNC(=O)C2CC3(CCCCC3)C2)[C@H](O)C1. The van der Waals surface area contributed by atoms with Crippen molar-refractivity contribution in [2.75, 3.05) is 6.54 Å². The van der Waals surface area contributed by atoms with Crippen molar-refractivity contribution in [1.82, 2.24) is 20.1 Å². The van der Waals surface area contributed by atoms with Crippen LogP contribution in [0.25, 0.3) is 0 Å². The van der Waals surface area contributed by atoms with E-state index >= 15 is 0 Å². The smallest absolute Gasteiger partial charge is 0.223 e. The number of aryl methyl sites for hydroxylation is 1. The average Bonchev–Trinajstić information content (AvgIpc) is 3.16. The first kappa shape index (κ1) is 17.0. The fourth-order valence-corrected chi connectivity index (χ4v) is 5.45. The molecule has 2 N–H and O–H groups in total. The number of hydrogen-bond acceptors (Lipinski definition) is 4. The Hall–Kier alpha value is -1.43. The molecule has 138 valence electrons. The molecule has 3 aliphatic carbocycles. The van der Waals surface area contributed by atoms with Crippen LogP contribution in [0.15, 0.2) is 6.33 Å². The van der Waals surface area contributed by atoms with Crippen molar-refractivity contribution < 1.29 is 9.90 Å². The maximum absolute atomic E-state index is 12.5. The van der Waals surface area contributed by atoms with Gasteiger partial charge in [0.1, 0.15) is 12.2 Å². The number of aliphatic hydroxyl groups excluding tert-OH is 1. The first-order valence-corrected chi connectivity index (χ1v) is 9.86. The van der Waals surface area contributed by atoms with E-state index in [0.29, 0.717) is 18.4 Å². The fraction of sp³-hybridized carbons (Fsp3) is 0.842. The van der Waals surface area contributed by atoms with Gasteiger partial charge in [0.05, 0.1) is 6.10 Å². The lowest BCUT2D eigenvalue weighted by Gasteiger charge is -2.49. The number of hydrogen-bond donors (Lipinski definition) is 2. The van der Waals surface area contributed by atoms with Crippen LogP contribution in [-0.4, -0.2) is 38.4 Å². The molecule has 1 aromatic rings. The Balaban J connectivity index is 1.25. The van der Waals surface area contributed by atoms with Crippen molar-refractivity contribution in [2.24, 2.45) is 24.3 Å². The van der Waals surface area contributed by atoms with Gasteiger partial charge in [-0.2, -0.15) is 0 Å². The molecule has 3 atom stereocenters. The third-order valence-corrected chi connectivity index (χ3v) is 6.95. The van der Waals surface area contributed by atoms with E-state index in [1.54, 1.807) is 6.33 Å². The normalized spacial score (nSPS) is 31.8. The molecule has 1 aromatic heterocycles. The molecule has 1 heterocycles. The standard InChI is InChI=1S/C19H30N4O2/c1-23-12-21-22-17(23)13-7-14(16(24)8-13)11-20-18(25)15-9-19(10-15)5-3-2-4-6-19/h12-16,24H,2-11H2,1H3,(H,20,25)/t13-,14+,16+/m0/s1. The van der Waals surface area contributed by atoms with Gasteiger partial charge in [-0.3, -0.25) is 4.79 Å². The molecule has 0 saturated heterocycles. The summed E-state index contributed by atoms with van der Waals surface area (Å²) in [5, 5.41) is 21.6. The minimum atomic E-state index is -0.368. The van der Waals surface area contributed by atoms with E-state index in [4.69, 9.17) is 0 Å². The van der Waals surface area contributed by atoms with E-state index in [9.17, 15) is 9.90 Å². The van der Waals surface area contributed by atoms with E-state index < -0.39 is 0 Å². The monoisotopic (exact) mass is 346 g/mol. The van der Waals surface area contributed by atoms with Crippen molar-refractivity contribution >= 4 is 5.91 Å². The number of nitrogens with zero attached hydrogens (tertiary/aromatic N) is 3. The number of carbonyl (C=O) groups is 1. The highest BCUT2D eigenvalue weighted by molar-refractivity contribution is 5.79. The van der Waals surface area contributed by atoms with Crippen molar-refractivity contribution in [3.63, 3.8) is 0 Å². The lowest BCUT2D eigenvalue weighted by atomic mass is 9.55. The van der Waals surface area contributed by atoms with E-state index in [0.717, 1.165) is 25.1 Å². The topological polar surface area (TPSA) is 80.0 Å². The van der Waals surface area contributed by atoms with Gasteiger partial charge < -0.3 is 15.0 Å². The highest BCUT2D eigenvalue weighted by atomic mass is 16.3. The molecule has 0 bridgehead atoms. The first-order valence-electron chi connectivity index (χ1n) is 9.86. The Morgan fingerprint density at radius 2 is 2.08 bits per heavy atom. The number of aliphatic hydroxyl groups is 1. The fourth-order valence-electron chi connectivity index (χ4n) is 5.45. The van der Waals surface area contributed by atoms with Crippen LogP contribution in [-0.2, 0) is 11.8 Å². The highest BCUT2D eigenvalue weighted by Gasteiger charge is 2.47. The molecule has 0 radical (unpaired) electrons. The predicted octanol–water partition coefficient (Wildman–Crippen LogP) is 2.15. The van der Waals surface area contributed by atoms with E-state index in [1.165, 1.54) is 32.1 Å². The second kappa shape index (κ2) is 6.71. The molecular formula is C19H30N4O2. The molecule has 6 heteroatoms. The van der Waals surface area contributed by atoms with E-state index in [-0.39, 0.29) is 29.8 Å². The van der Waals surface area contributed by atoms with Gasteiger partial charge in [0.25, 0.3) is 0 Å². The molecule has 6 nitrogen and oxygen atoms in total. The van der Waals surface area contributed by atoms with Gasteiger partial charge in [-0.1, -0.05) is 19.3 Å². The van der Waals surface area contributed by atoms with Crippen LogP contribution < -0.4 is 5.32 Å². The maximum atomic E-state index is 12.5. The summed E-state index contributed by atoms with van der Waals surface area (Å²) in [5.41, 5.74) is 0.490. The Labute approximate surface area is 149 Å².